The summed E-state index contributed by atoms with van der Waals surface area (Å²) < 4.78 is 0. The van der Waals surface area contributed by atoms with E-state index in [1.807, 2.05) is 38.1 Å². The third-order valence-corrected chi connectivity index (χ3v) is 4.81. The van der Waals surface area contributed by atoms with Crippen molar-refractivity contribution in [3.8, 4) is 0 Å². The highest BCUT2D eigenvalue weighted by Crippen LogP contribution is 2.06. The summed E-state index contributed by atoms with van der Waals surface area (Å²) in [5.74, 6) is 0.879. The second-order valence-corrected chi connectivity index (χ2v) is 7.49. The molecular weight excluding hydrogens is 495 g/mol. The molecule has 0 saturated carbocycles. The van der Waals surface area contributed by atoms with Gasteiger partial charge in [0.15, 0.2) is 5.96 Å². The normalized spacial score (nSPS) is 14.8. The van der Waals surface area contributed by atoms with Gasteiger partial charge in [-0.3, -0.25) is 19.5 Å². The quantitative estimate of drug-likeness (QED) is 0.277. The summed E-state index contributed by atoms with van der Waals surface area (Å²) in [6.07, 6.45) is 0.805. The maximum Gasteiger partial charge on any atom is 0.251 e. The smallest absolute Gasteiger partial charge is 0.251 e. The fourth-order valence-corrected chi connectivity index (χ4v) is 3.35. The SMILES string of the molecule is CN=C(NCCc1cccc(C(=O)NC)c1)N1CCN(CC(=O)NC(C)C)CC1.I. The van der Waals surface area contributed by atoms with Crippen molar-refractivity contribution in [2.45, 2.75) is 26.3 Å². The number of hydrogen-bond donors (Lipinski definition) is 3. The molecule has 0 aromatic heterocycles. The zero-order valence-electron chi connectivity index (χ0n) is 18.4. The number of hydrogen-bond acceptors (Lipinski definition) is 4. The van der Waals surface area contributed by atoms with Gasteiger partial charge in [-0.2, -0.15) is 0 Å². The molecule has 2 amide bonds. The van der Waals surface area contributed by atoms with Crippen LogP contribution in [0.15, 0.2) is 29.3 Å². The van der Waals surface area contributed by atoms with Crippen molar-refractivity contribution in [2.75, 3.05) is 53.4 Å². The van der Waals surface area contributed by atoms with Gasteiger partial charge < -0.3 is 20.9 Å². The number of benzene rings is 1. The van der Waals surface area contributed by atoms with Gasteiger partial charge in [0.2, 0.25) is 5.91 Å². The molecule has 0 spiro atoms. The summed E-state index contributed by atoms with van der Waals surface area (Å²) in [6.45, 7) is 8.46. The second kappa shape index (κ2) is 13.4. The Morgan fingerprint density at radius 3 is 2.47 bits per heavy atom. The molecule has 1 aromatic rings. The number of amides is 2. The van der Waals surface area contributed by atoms with E-state index >= 15 is 0 Å². The van der Waals surface area contributed by atoms with Gasteiger partial charge in [-0.15, -0.1) is 24.0 Å². The van der Waals surface area contributed by atoms with Gasteiger partial charge in [0.25, 0.3) is 5.91 Å². The van der Waals surface area contributed by atoms with Crippen LogP contribution in [0.5, 0.6) is 0 Å². The number of nitrogens with one attached hydrogen (secondary N) is 3. The van der Waals surface area contributed by atoms with Gasteiger partial charge in [-0.1, -0.05) is 12.1 Å². The van der Waals surface area contributed by atoms with Crippen molar-refractivity contribution in [1.82, 2.24) is 25.8 Å². The average Bonchev–Trinajstić information content (AvgIpc) is 2.71. The molecule has 0 radical (unpaired) electrons. The topological polar surface area (TPSA) is 89.1 Å². The van der Waals surface area contributed by atoms with E-state index in [0.29, 0.717) is 12.1 Å². The van der Waals surface area contributed by atoms with E-state index in [2.05, 4.69) is 30.7 Å². The molecule has 8 nitrogen and oxygen atoms in total. The molecular formula is C21H35IN6O2. The summed E-state index contributed by atoms with van der Waals surface area (Å²) in [5, 5.41) is 9.00. The molecule has 1 heterocycles. The van der Waals surface area contributed by atoms with Crippen LogP contribution in [0.4, 0.5) is 0 Å². The summed E-state index contributed by atoms with van der Waals surface area (Å²) in [7, 11) is 3.42. The molecule has 1 saturated heterocycles. The van der Waals surface area contributed by atoms with E-state index in [9.17, 15) is 9.59 Å². The highest BCUT2D eigenvalue weighted by molar-refractivity contribution is 14.0. The number of nitrogens with zero attached hydrogens (tertiary/aromatic N) is 3. The minimum Gasteiger partial charge on any atom is -0.356 e. The van der Waals surface area contributed by atoms with Crippen molar-refractivity contribution in [2.24, 2.45) is 4.99 Å². The lowest BCUT2D eigenvalue weighted by Gasteiger charge is -2.36. The lowest BCUT2D eigenvalue weighted by Crippen LogP contribution is -2.54. The molecule has 1 fully saturated rings. The first-order valence-corrected chi connectivity index (χ1v) is 10.2. The van der Waals surface area contributed by atoms with Crippen LogP contribution < -0.4 is 16.0 Å². The standard InChI is InChI=1S/C21H34N6O2.HI/c1-16(2)25-19(28)15-26-10-12-27(13-11-26)21(23-4)24-9-8-17-6-5-7-18(14-17)20(29)22-3;/h5-7,14,16H,8-13,15H2,1-4H3,(H,22,29)(H,23,24)(H,25,28);1H. The number of carbonyl (C=O) groups excluding carboxylic acids is 2. The van der Waals surface area contributed by atoms with Gasteiger partial charge in [-0.25, -0.2) is 0 Å². The number of aliphatic imine (C=N–C) groups is 1. The monoisotopic (exact) mass is 530 g/mol. The third kappa shape index (κ3) is 8.47. The minimum absolute atomic E-state index is 0. The van der Waals surface area contributed by atoms with E-state index in [1.165, 1.54) is 0 Å². The minimum atomic E-state index is -0.0736. The first kappa shape index (κ1) is 26.2. The van der Waals surface area contributed by atoms with Crippen LogP contribution in [0.3, 0.4) is 0 Å². The van der Waals surface area contributed by atoms with Crippen LogP contribution in [0.2, 0.25) is 0 Å². The molecule has 2 rings (SSSR count). The summed E-state index contributed by atoms with van der Waals surface area (Å²) in [4.78, 5) is 32.5. The average molecular weight is 530 g/mol. The number of halogens is 1. The Morgan fingerprint density at radius 2 is 1.87 bits per heavy atom. The van der Waals surface area contributed by atoms with Crippen molar-refractivity contribution in [3.63, 3.8) is 0 Å². The van der Waals surface area contributed by atoms with E-state index in [4.69, 9.17) is 0 Å². The molecule has 0 atom stereocenters. The number of guanidine groups is 1. The Kier molecular flexibility index (Phi) is 11.7. The first-order valence-electron chi connectivity index (χ1n) is 10.2. The van der Waals surface area contributed by atoms with Crippen molar-refractivity contribution >= 4 is 41.8 Å². The number of rotatable bonds is 7. The Hall–Kier alpha value is -1.88. The van der Waals surface area contributed by atoms with Crippen LogP contribution in [-0.4, -0.2) is 87.0 Å². The largest absolute Gasteiger partial charge is 0.356 e. The fraction of sp³-hybridized carbons (Fsp3) is 0.571. The Balaban J connectivity index is 0.00000450. The molecule has 0 unspecified atom stereocenters. The predicted octanol–water partition coefficient (Wildman–Crippen LogP) is 0.924. The van der Waals surface area contributed by atoms with E-state index in [1.54, 1.807) is 14.1 Å². The van der Waals surface area contributed by atoms with Gasteiger partial charge in [0.05, 0.1) is 6.54 Å². The van der Waals surface area contributed by atoms with Gasteiger partial charge in [-0.05, 0) is 38.0 Å². The summed E-state index contributed by atoms with van der Waals surface area (Å²) in [5.41, 5.74) is 1.78. The van der Waals surface area contributed by atoms with Crippen LogP contribution >= 0.6 is 24.0 Å². The maximum absolute atomic E-state index is 11.9. The van der Waals surface area contributed by atoms with Gasteiger partial charge in [0.1, 0.15) is 0 Å². The number of carbonyl (C=O) groups is 2. The van der Waals surface area contributed by atoms with Crippen molar-refractivity contribution in [3.05, 3.63) is 35.4 Å². The fourth-order valence-electron chi connectivity index (χ4n) is 3.35. The highest BCUT2D eigenvalue weighted by atomic mass is 127. The van der Waals surface area contributed by atoms with Crippen LogP contribution in [0.25, 0.3) is 0 Å². The lowest BCUT2D eigenvalue weighted by molar-refractivity contribution is -0.123. The molecule has 0 bridgehead atoms. The number of piperazine rings is 1. The van der Waals surface area contributed by atoms with Crippen LogP contribution in [0.1, 0.15) is 29.8 Å². The second-order valence-electron chi connectivity index (χ2n) is 7.49. The molecule has 168 valence electrons. The molecule has 3 N–H and O–H groups in total. The Morgan fingerprint density at radius 1 is 1.17 bits per heavy atom. The van der Waals surface area contributed by atoms with Gasteiger partial charge in [0, 0.05) is 58.4 Å². The summed E-state index contributed by atoms with van der Waals surface area (Å²) in [6, 6.07) is 7.84. The van der Waals surface area contributed by atoms with Gasteiger partial charge >= 0.3 is 0 Å². The third-order valence-electron chi connectivity index (χ3n) is 4.81. The van der Waals surface area contributed by atoms with Crippen LogP contribution in [-0.2, 0) is 11.2 Å². The molecule has 1 aliphatic heterocycles. The Bertz CT molecular complexity index is 717. The highest BCUT2D eigenvalue weighted by Gasteiger charge is 2.21. The lowest BCUT2D eigenvalue weighted by atomic mass is 10.1. The van der Waals surface area contributed by atoms with E-state index in [0.717, 1.165) is 50.7 Å². The maximum atomic E-state index is 11.9. The van der Waals surface area contributed by atoms with Crippen molar-refractivity contribution < 1.29 is 9.59 Å². The summed E-state index contributed by atoms with van der Waals surface area (Å²) >= 11 is 0. The van der Waals surface area contributed by atoms with E-state index < -0.39 is 0 Å². The van der Waals surface area contributed by atoms with Crippen LogP contribution in [0, 0.1) is 0 Å². The molecule has 0 aliphatic carbocycles. The molecule has 9 heteroatoms. The van der Waals surface area contributed by atoms with Crippen molar-refractivity contribution in [1.29, 1.82) is 0 Å². The zero-order valence-corrected chi connectivity index (χ0v) is 20.7. The molecule has 1 aliphatic rings. The first-order chi connectivity index (χ1) is 13.9. The molecule has 1 aromatic carbocycles. The Labute approximate surface area is 196 Å². The zero-order chi connectivity index (χ0) is 21.2. The predicted molar refractivity (Wildman–Crippen MR) is 132 cm³/mol. The van der Waals surface area contributed by atoms with E-state index in [-0.39, 0.29) is 41.8 Å². The molecule has 30 heavy (non-hydrogen) atoms.